The maximum atomic E-state index is 12.6. The largest absolute Gasteiger partial charge is 0.325 e. The van der Waals surface area contributed by atoms with E-state index >= 15 is 0 Å². The van der Waals surface area contributed by atoms with Crippen LogP contribution in [0.15, 0.2) is 12.3 Å². The van der Waals surface area contributed by atoms with Crippen LogP contribution in [0.3, 0.4) is 0 Å². The lowest BCUT2D eigenvalue weighted by Gasteiger charge is -2.36. The number of aromatic nitrogens is 2. The fourth-order valence-electron chi connectivity index (χ4n) is 3.26. The molecule has 6 heteroatoms. The van der Waals surface area contributed by atoms with Crippen LogP contribution < -0.4 is 0 Å². The normalized spacial score (nSPS) is 22.0. The topological polar surface area (TPSA) is 44.6 Å². The van der Waals surface area contributed by atoms with Gasteiger partial charge in [-0.2, -0.15) is 5.10 Å². The molecule has 0 bridgehead atoms. The number of hydrogen-bond donors (Lipinski definition) is 0. The molecule has 116 valence electrons. The van der Waals surface area contributed by atoms with Crippen molar-refractivity contribution in [1.29, 1.82) is 0 Å². The summed E-state index contributed by atoms with van der Waals surface area (Å²) in [5.41, 5.74) is 1.15. The van der Waals surface area contributed by atoms with Crippen LogP contribution in [0.5, 0.6) is 0 Å². The second kappa shape index (κ2) is 6.05. The van der Waals surface area contributed by atoms with Gasteiger partial charge in [0.1, 0.15) is 0 Å². The monoisotopic (exact) mass is 291 g/mol. The van der Waals surface area contributed by atoms with Gasteiger partial charge in [-0.15, -0.1) is 0 Å². The Hall–Kier alpha value is -1.56. The molecule has 0 unspecified atom stereocenters. The molecule has 0 saturated carbocycles. The Morgan fingerprint density at radius 3 is 2.81 bits per heavy atom. The van der Waals surface area contributed by atoms with Gasteiger partial charge in [0.05, 0.1) is 18.3 Å². The zero-order valence-electron chi connectivity index (χ0n) is 13.0. The minimum Gasteiger partial charge on any atom is -0.325 e. The van der Waals surface area contributed by atoms with Crippen molar-refractivity contribution in [3.05, 3.63) is 18.0 Å². The average molecular weight is 291 g/mol. The summed E-state index contributed by atoms with van der Waals surface area (Å²) < 4.78 is 2.11. The standard InChI is InChI=1S/C15H25N5O/c1-17(2)10-6-14-12-19(11-13-5-7-16-20(13)14)15(21)18-8-3-4-9-18/h5,7,14H,3-4,6,8-12H2,1-2H3/t14-/m1/s1. The molecule has 0 spiro atoms. The van der Waals surface area contributed by atoms with E-state index in [0.29, 0.717) is 6.54 Å². The molecule has 21 heavy (non-hydrogen) atoms. The van der Waals surface area contributed by atoms with Crippen LogP contribution in [0.4, 0.5) is 4.79 Å². The van der Waals surface area contributed by atoms with Crippen LogP contribution in [-0.4, -0.2) is 70.8 Å². The Labute approximate surface area is 126 Å². The van der Waals surface area contributed by atoms with Gasteiger partial charge in [0.15, 0.2) is 0 Å². The molecule has 3 rings (SSSR count). The van der Waals surface area contributed by atoms with E-state index in [0.717, 1.165) is 51.1 Å². The molecule has 1 fully saturated rings. The molecular weight excluding hydrogens is 266 g/mol. The zero-order chi connectivity index (χ0) is 14.8. The van der Waals surface area contributed by atoms with Crippen molar-refractivity contribution in [3.8, 4) is 0 Å². The summed E-state index contributed by atoms with van der Waals surface area (Å²) in [6.07, 6.45) is 5.15. The number of likely N-dealkylation sites (tertiary alicyclic amines) is 1. The van der Waals surface area contributed by atoms with Crippen LogP contribution in [0.25, 0.3) is 0 Å². The van der Waals surface area contributed by atoms with Crippen molar-refractivity contribution >= 4 is 6.03 Å². The minimum absolute atomic E-state index is 0.204. The van der Waals surface area contributed by atoms with Crippen molar-refractivity contribution in [2.24, 2.45) is 0 Å². The molecule has 1 aromatic rings. The number of carbonyl (C=O) groups excluding carboxylic acids is 1. The zero-order valence-corrected chi connectivity index (χ0v) is 13.0. The van der Waals surface area contributed by atoms with Gasteiger partial charge in [-0.3, -0.25) is 4.68 Å². The molecule has 0 radical (unpaired) electrons. The van der Waals surface area contributed by atoms with E-state index in [1.54, 1.807) is 0 Å². The Balaban J connectivity index is 1.72. The Morgan fingerprint density at radius 1 is 1.33 bits per heavy atom. The number of hydrogen-bond acceptors (Lipinski definition) is 3. The van der Waals surface area contributed by atoms with Crippen LogP contribution in [0.2, 0.25) is 0 Å². The quantitative estimate of drug-likeness (QED) is 0.846. The van der Waals surface area contributed by atoms with Gasteiger partial charge < -0.3 is 14.7 Å². The highest BCUT2D eigenvalue weighted by Crippen LogP contribution is 2.24. The third-order valence-corrected chi connectivity index (χ3v) is 4.44. The highest BCUT2D eigenvalue weighted by molar-refractivity contribution is 5.74. The molecule has 2 aliphatic rings. The SMILES string of the molecule is CN(C)CC[C@@H]1CN(C(=O)N2CCCC2)Cc2ccnn21. The Morgan fingerprint density at radius 2 is 2.10 bits per heavy atom. The first kappa shape index (κ1) is 14.4. The molecule has 6 nitrogen and oxygen atoms in total. The van der Waals surface area contributed by atoms with E-state index in [4.69, 9.17) is 0 Å². The van der Waals surface area contributed by atoms with Gasteiger partial charge in [-0.05, 0) is 46.0 Å². The molecule has 1 atom stereocenters. The first-order chi connectivity index (χ1) is 10.1. The van der Waals surface area contributed by atoms with Crippen molar-refractivity contribution in [3.63, 3.8) is 0 Å². The van der Waals surface area contributed by atoms with Crippen molar-refractivity contribution in [2.75, 3.05) is 40.3 Å². The number of carbonyl (C=O) groups is 1. The molecule has 0 aromatic carbocycles. The molecule has 0 N–H and O–H groups in total. The Bertz CT molecular complexity index is 492. The summed E-state index contributed by atoms with van der Waals surface area (Å²) in [6, 6.07) is 2.53. The van der Waals surface area contributed by atoms with Crippen molar-refractivity contribution in [2.45, 2.75) is 31.8 Å². The summed E-state index contributed by atoms with van der Waals surface area (Å²) >= 11 is 0. The van der Waals surface area contributed by atoms with Crippen molar-refractivity contribution in [1.82, 2.24) is 24.5 Å². The van der Waals surface area contributed by atoms with E-state index in [9.17, 15) is 4.79 Å². The van der Waals surface area contributed by atoms with E-state index in [1.807, 2.05) is 22.1 Å². The number of fused-ring (bicyclic) bond motifs is 1. The summed E-state index contributed by atoms with van der Waals surface area (Å²) in [6.45, 7) is 4.30. The maximum Gasteiger partial charge on any atom is 0.320 e. The summed E-state index contributed by atoms with van der Waals surface area (Å²) in [7, 11) is 4.17. The predicted molar refractivity (Wildman–Crippen MR) is 81.0 cm³/mol. The number of urea groups is 1. The maximum absolute atomic E-state index is 12.6. The molecule has 3 heterocycles. The lowest BCUT2D eigenvalue weighted by molar-refractivity contribution is 0.131. The lowest BCUT2D eigenvalue weighted by atomic mass is 10.1. The number of rotatable bonds is 3. The van der Waals surface area contributed by atoms with Gasteiger partial charge in [0, 0.05) is 25.8 Å². The van der Waals surface area contributed by atoms with Gasteiger partial charge in [-0.1, -0.05) is 0 Å². The number of nitrogens with zero attached hydrogens (tertiary/aromatic N) is 5. The fraction of sp³-hybridized carbons (Fsp3) is 0.733. The lowest BCUT2D eigenvalue weighted by Crippen LogP contribution is -2.47. The van der Waals surface area contributed by atoms with Crippen LogP contribution in [-0.2, 0) is 6.54 Å². The molecular formula is C15H25N5O. The van der Waals surface area contributed by atoms with Gasteiger partial charge in [0.2, 0.25) is 0 Å². The molecule has 0 aliphatic carbocycles. The minimum atomic E-state index is 0.204. The predicted octanol–water partition coefficient (Wildman–Crippen LogP) is 1.41. The molecule has 2 amide bonds. The van der Waals surface area contributed by atoms with Crippen LogP contribution >= 0.6 is 0 Å². The van der Waals surface area contributed by atoms with E-state index in [-0.39, 0.29) is 12.1 Å². The third-order valence-electron chi connectivity index (χ3n) is 4.44. The molecule has 1 aromatic heterocycles. The second-order valence-electron chi connectivity index (χ2n) is 6.37. The van der Waals surface area contributed by atoms with Gasteiger partial charge in [0.25, 0.3) is 0 Å². The fourth-order valence-corrected chi connectivity index (χ4v) is 3.26. The molecule has 1 saturated heterocycles. The van der Waals surface area contributed by atoms with Crippen molar-refractivity contribution < 1.29 is 4.79 Å². The number of amides is 2. The highest BCUT2D eigenvalue weighted by Gasteiger charge is 2.31. The third kappa shape index (κ3) is 3.05. The molecule has 2 aliphatic heterocycles. The van der Waals surface area contributed by atoms with E-state index in [1.165, 1.54) is 0 Å². The summed E-state index contributed by atoms with van der Waals surface area (Å²) in [4.78, 5) is 18.8. The Kier molecular flexibility index (Phi) is 4.14. The summed E-state index contributed by atoms with van der Waals surface area (Å²) in [5, 5.41) is 4.45. The first-order valence-electron chi connectivity index (χ1n) is 7.86. The smallest absolute Gasteiger partial charge is 0.320 e. The van der Waals surface area contributed by atoms with Crippen LogP contribution in [0, 0.1) is 0 Å². The highest BCUT2D eigenvalue weighted by atomic mass is 16.2. The second-order valence-corrected chi connectivity index (χ2v) is 6.37. The van der Waals surface area contributed by atoms with E-state index < -0.39 is 0 Å². The van der Waals surface area contributed by atoms with Crippen LogP contribution in [0.1, 0.15) is 31.0 Å². The average Bonchev–Trinajstić information content (AvgIpc) is 3.14. The van der Waals surface area contributed by atoms with Gasteiger partial charge >= 0.3 is 6.03 Å². The first-order valence-corrected chi connectivity index (χ1v) is 7.86. The summed E-state index contributed by atoms with van der Waals surface area (Å²) in [5.74, 6) is 0. The van der Waals surface area contributed by atoms with Gasteiger partial charge in [-0.25, -0.2) is 4.79 Å². The van der Waals surface area contributed by atoms with E-state index in [2.05, 4.69) is 28.8 Å².